The fourth-order valence-corrected chi connectivity index (χ4v) is 2.73. The summed E-state index contributed by atoms with van der Waals surface area (Å²) < 4.78 is 5.39. The highest BCUT2D eigenvalue weighted by Gasteiger charge is 2.17. The average Bonchev–Trinajstić information content (AvgIpc) is 2.91. The van der Waals surface area contributed by atoms with Crippen LogP contribution in [-0.2, 0) is 6.42 Å². The number of pyridine rings is 1. The van der Waals surface area contributed by atoms with Crippen molar-refractivity contribution < 1.29 is 4.74 Å². The van der Waals surface area contributed by atoms with E-state index in [4.69, 9.17) is 4.74 Å². The Labute approximate surface area is 112 Å². The second-order valence-corrected chi connectivity index (χ2v) is 5.02. The van der Waals surface area contributed by atoms with E-state index >= 15 is 0 Å². The zero-order valence-electron chi connectivity index (χ0n) is 10.7. The molecule has 2 aromatic heterocycles. The van der Waals surface area contributed by atoms with Gasteiger partial charge in [-0.2, -0.15) is 0 Å². The number of rotatable bonds is 6. The largest absolute Gasteiger partial charge is 0.495 e. The SMILES string of the molecule is CCNC(Cc1cccs1)c1ncccc1OC. The number of hydrogen-bond donors (Lipinski definition) is 1. The van der Waals surface area contributed by atoms with Crippen molar-refractivity contribution in [1.82, 2.24) is 10.3 Å². The monoisotopic (exact) mass is 262 g/mol. The Bertz CT molecular complexity index is 470. The number of hydrogen-bond acceptors (Lipinski definition) is 4. The lowest BCUT2D eigenvalue weighted by Gasteiger charge is -2.18. The van der Waals surface area contributed by atoms with Gasteiger partial charge >= 0.3 is 0 Å². The number of nitrogens with one attached hydrogen (secondary N) is 1. The molecule has 0 aromatic carbocycles. The van der Waals surface area contributed by atoms with Crippen molar-refractivity contribution in [3.05, 3.63) is 46.4 Å². The summed E-state index contributed by atoms with van der Waals surface area (Å²) in [5.74, 6) is 0.847. The van der Waals surface area contributed by atoms with Gasteiger partial charge in [-0.15, -0.1) is 11.3 Å². The van der Waals surface area contributed by atoms with E-state index in [1.165, 1.54) is 4.88 Å². The Balaban J connectivity index is 2.23. The van der Waals surface area contributed by atoms with Crippen LogP contribution >= 0.6 is 11.3 Å². The third-order valence-corrected chi connectivity index (χ3v) is 3.68. The first-order valence-electron chi connectivity index (χ1n) is 6.09. The molecular formula is C14H18N2OS. The van der Waals surface area contributed by atoms with Crippen molar-refractivity contribution in [2.75, 3.05) is 13.7 Å². The maximum absolute atomic E-state index is 5.39. The van der Waals surface area contributed by atoms with Crippen LogP contribution in [0.5, 0.6) is 5.75 Å². The van der Waals surface area contributed by atoms with Gasteiger partial charge in [0, 0.05) is 17.5 Å². The predicted molar refractivity (Wildman–Crippen MR) is 75.2 cm³/mol. The molecule has 0 saturated heterocycles. The molecule has 18 heavy (non-hydrogen) atoms. The first-order valence-corrected chi connectivity index (χ1v) is 6.97. The van der Waals surface area contributed by atoms with Crippen LogP contribution in [0.1, 0.15) is 23.5 Å². The molecule has 4 heteroatoms. The summed E-state index contributed by atoms with van der Waals surface area (Å²) >= 11 is 1.78. The fraction of sp³-hybridized carbons (Fsp3) is 0.357. The highest BCUT2D eigenvalue weighted by Crippen LogP contribution is 2.26. The van der Waals surface area contributed by atoms with E-state index in [0.717, 1.165) is 24.4 Å². The lowest BCUT2D eigenvalue weighted by molar-refractivity contribution is 0.394. The molecule has 0 radical (unpaired) electrons. The van der Waals surface area contributed by atoms with Crippen molar-refractivity contribution >= 4 is 11.3 Å². The quantitative estimate of drug-likeness (QED) is 0.869. The van der Waals surface area contributed by atoms with Crippen molar-refractivity contribution in [3.8, 4) is 5.75 Å². The molecule has 0 aliphatic rings. The van der Waals surface area contributed by atoms with Crippen molar-refractivity contribution in [2.24, 2.45) is 0 Å². The summed E-state index contributed by atoms with van der Waals surface area (Å²) in [7, 11) is 1.69. The zero-order valence-corrected chi connectivity index (χ0v) is 11.5. The van der Waals surface area contributed by atoms with E-state index < -0.39 is 0 Å². The molecule has 0 fully saturated rings. The molecule has 2 aromatic rings. The highest BCUT2D eigenvalue weighted by atomic mass is 32.1. The minimum absolute atomic E-state index is 0.199. The molecular weight excluding hydrogens is 244 g/mol. The topological polar surface area (TPSA) is 34.2 Å². The molecule has 0 saturated carbocycles. The molecule has 3 nitrogen and oxygen atoms in total. The number of methoxy groups -OCH3 is 1. The second kappa shape index (κ2) is 6.52. The first-order chi connectivity index (χ1) is 8.85. The van der Waals surface area contributed by atoms with E-state index in [2.05, 4.69) is 34.7 Å². The van der Waals surface area contributed by atoms with Gasteiger partial charge in [-0.1, -0.05) is 13.0 Å². The lowest BCUT2D eigenvalue weighted by atomic mass is 10.1. The van der Waals surface area contributed by atoms with E-state index in [0.29, 0.717) is 0 Å². The minimum Gasteiger partial charge on any atom is -0.495 e. The maximum atomic E-state index is 5.39. The standard InChI is InChI=1S/C14H18N2OS/c1-3-15-12(10-11-6-5-9-18-11)14-13(17-2)7-4-8-16-14/h4-9,12,15H,3,10H2,1-2H3. The zero-order chi connectivity index (χ0) is 12.8. The van der Waals surface area contributed by atoms with Gasteiger partial charge in [0.05, 0.1) is 18.8 Å². The van der Waals surface area contributed by atoms with E-state index in [-0.39, 0.29) is 6.04 Å². The van der Waals surface area contributed by atoms with Crippen LogP contribution in [-0.4, -0.2) is 18.6 Å². The molecule has 1 unspecified atom stereocenters. The van der Waals surface area contributed by atoms with Gasteiger partial charge in [0.15, 0.2) is 0 Å². The third-order valence-electron chi connectivity index (χ3n) is 2.79. The van der Waals surface area contributed by atoms with Gasteiger partial charge in [-0.3, -0.25) is 4.98 Å². The summed E-state index contributed by atoms with van der Waals surface area (Å²) in [4.78, 5) is 5.82. The Morgan fingerprint density at radius 1 is 1.39 bits per heavy atom. The van der Waals surface area contributed by atoms with Gasteiger partial charge in [-0.25, -0.2) is 0 Å². The Kier molecular flexibility index (Phi) is 4.73. The Morgan fingerprint density at radius 2 is 2.28 bits per heavy atom. The minimum atomic E-state index is 0.199. The van der Waals surface area contributed by atoms with Gasteiger partial charge in [0.25, 0.3) is 0 Å². The first kappa shape index (κ1) is 13.1. The van der Waals surface area contributed by atoms with Crippen LogP contribution in [0.3, 0.4) is 0 Å². The van der Waals surface area contributed by atoms with Crippen LogP contribution < -0.4 is 10.1 Å². The number of ether oxygens (including phenoxy) is 1. The summed E-state index contributed by atoms with van der Waals surface area (Å²) in [5, 5.41) is 5.58. The van der Waals surface area contributed by atoms with Crippen molar-refractivity contribution in [1.29, 1.82) is 0 Å². The van der Waals surface area contributed by atoms with Crippen LogP contribution in [0.25, 0.3) is 0 Å². The average molecular weight is 262 g/mol. The second-order valence-electron chi connectivity index (χ2n) is 3.98. The summed E-state index contributed by atoms with van der Waals surface area (Å²) in [6, 6.07) is 8.30. The van der Waals surface area contributed by atoms with E-state index in [1.54, 1.807) is 18.4 Å². The van der Waals surface area contributed by atoms with Gasteiger partial charge in [-0.05, 0) is 30.1 Å². The summed E-state index contributed by atoms with van der Waals surface area (Å²) in [5.41, 5.74) is 0.982. The molecule has 0 aliphatic heterocycles. The summed E-state index contributed by atoms with van der Waals surface area (Å²) in [6.07, 6.45) is 2.76. The van der Waals surface area contributed by atoms with E-state index in [1.807, 2.05) is 18.3 Å². The number of nitrogens with zero attached hydrogens (tertiary/aromatic N) is 1. The van der Waals surface area contributed by atoms with Crippen molar-refractivity contribution in [3.63, 3.8) is 0 Å². The van der Waals surface area contributed by atoms with Crippen LogP contribution in [0, 0.1) is 0 Å². The van der Waals surface area contributed by atoms with Crippen LogP contribution in [0.4, 0.5) is 0 Å². The smallest absolute Gasteiger partial charge is 0.141 e. The van der Waals surface area contributed by atoms with Gasteiger partial charge in [0.2, 0.25) is 0 Å². The predicted octanol–water partition coefficient (Wildman–Crippen LogP) is 3.05. The molecule has 1 atom stereocenters. The lowest BCUT2D eigenvalue weighted by Crippen LogP contribution is -2.24. The maximum Gasteiger partial charge on any atom is 0.141 e. The van der Waals surface area contributed by atoms with Gasteiger partial charge < -0.3 is 10.1 Å². The van der Waals surface area contributed by atoms with Crippen LogP contribution in [0.15, 0.2) is 35.8 Å². The highest BCUT2D eigenvalue weighted by molar-refractivity contribution is 7.09. The number of aromatic nitrogens is 1. The third kappa shape index (κ3) is 3.09. The molecule has 96 valence electrons. The number of thiophene rings is 1. The molecule has 0 aliphatic carbocycles. The molecule has 0 spiro atoms. The normalized spacial score (nSPS) is 12.3. The van der Waals surface area contributed by atoms with E-state index in [9.17, 15) is 0 Å². The number of likely N-dealkylation sites (N-methyl/N-ethyl adjacent to an activating group) is 1. The fourth-order valence-electron chi connectivity index (χ4n) is 1.98. The molecule has 0 bridgehead atoms. The Hall–Kier alpha value is -1.39. The Morgan fingerprint density at radius 3 is 2.94 bits per heavy atom. The molecule has 0 amide bonds. The van der Waals surface area contributed by atoms with Gasteiger partial charge in [0.1, 0.15) is 5.75 Å². The summed E-state index contributed by atoms with van der Waals surface area (Å²) in [6.45, 7) is 3.02. The van der Waals surface area contributed by atoms with Crippen molar-refractivity contribution in [2.45, 2.75) is 19.4 Å². The molecule has 1 N–H and O–H groups in total. The molecule has 2 rings (SSSR count). The van der Waals surface area contributed by atoms with Crippen LogP contribution in [0.2, 0.25) is 0 Å². The molecule has 2 heterocycles.